The first-order chi connectivity index (χ1) is 5.49. The Labute approximate surface area is 70.4 Å². The van der Waals surface area contributed by atoms with Crippen LogP contribution in [0.3, 0.4) is 0 Å². The van der Waals surface area contributed by atoms with Crippen LogP contribution in [0.4, 0.5) is 0 Å². The fourth-order valence-electron chi connectivity index (χ4n) is 0.745. The molecule has 6 nitrogen and oxygen atoms in total. The van der Waals surface area contributed by atoms with Crippen molar-refractivity contribution in [3.8, 4) is 0 Å². The molecule has 74 valence electrons. The molecule has 0 aromatic heterocycles. The fourth-order valence-corrected chi connectivity index (χ4v) is 0.745. The van der Waals surface area contributed by atoms with E-state index in [-0.39, 0.29) is 13.0 Å². The first kappa shape index (κ1) is 11.8. The summed E-state index contributed by atoms with van der Waals surface area (Å²) in [7, 11) is 0. The molecule has 12 heavy (non-hydrogen) atoms. The second-order valence-corrected chi connectivity index (χ2v) is 2.70. The van der Waals surface area contributed by atoms with Gasteiger partial charge in [-0.15, -0.1) is 0 Å². The third kappa shape index (κ3) is 3.96. The summed E-state index contributed by atoms with van der Waals surface area (Å²) in [6.45, 7) is 0.172. The predicted molar refractivity (Wildman–Crippen MR) is 41.9 cm³/mol. The summed E-state index contributed by atoms with van der Waals surface area (Å²) in [6, 6.07) is -0.451. The van der Waals surface area contributed by atoms with Gasteiger partial charge in [-0.05, 0) is 6.42 Å². The lowest BCUT2D eigenvalue weighted by Gasteiger charge is -2.21. The SMILES string of the molecule is NCC(N)CC(O)C(O)C(O)O. The molecular formula is C6H16N2O4. The number of aliphatic hydroxyl groups is 4. The van der Waals surface area contributed by atoms with Crippen molar-refractivity contribution in [2.24, 2.45) is 11.5 Å². The van der Waals surface area contributed by atoms with E-state index >= 15 is 0 Å². The molecule has 0 aliphatic heterocycles. The van der Waals surface area contributed by atoms with Crippen molar-refractivity contribution in [3.05, 3.63) is 0 Å². The fraction of sp³-hybridized carbons (Fsp3) is 1.00. The van der Waals surface area contributed by atoms with Crippen molar-refractivity contribution in [2.75, 3.05) is 6.54 Å². The van der Waals surface area contributed by atoms with Gasteiger partial charge in [0.2, 0.25) is 0 Å². The van der Waals surface area contributed by atoms with Crippen LogP contribution in [0.15, 0.2) is 0 Å². The van der Waals surface area contributed by atoms with Gasteiger partial charge in [0.15, 0.2) is 6.29 Å². The van der Waals surface area contributed by atoms with Gasteiger partial charge in [-0.1, -0.05) is 0 Å². The van der Waals surface area contributed by atoms with Crippen LogP contribution >= 0.6 is 0 Å². The first-order valence-electron chi connectivity index (χ1n) is 3.67. The van der Waals surface area contributed by atoms with E-state index in [1.54, 1.807) is 0 Å². The molecule has 0 aliphatic carbocycles. The van der Waals surface area contributed by atoms with Crippen molar-refractivity contribution < 1.29 is 20.4 Å². The molecule has 0 amide bonds. The highest BCUT2D eigenvalue weighted by Gasteiger charge is 2.23. The Bertz CT molecular complexity index is 122. The number of nitrogens with two attached hydrogens (primary N) is 2. The minimum atomic E-state index is -1.95. The molecule has 0 bridgehead atoms. The van der Waals surface area contributed by atoms with Crippen LogP contribution in [0.1, 0.15) is 6.42 Å². The van der Waals surface area contributed by atoms with E-state index < -0.39 is 24.5 Å². The van der Waals surface area contributed by atoms with Crippen molar-refractivity contribution >= 4 is 0 Å². The monoisotopic (exact) mass is 180 g/mol. The Hall–Kier alpha value is -0.240. The third-order valence-corrected chi connectivity index (χ3v) is 1.55. The molecule has 0 saturated heterocycles. The van der Waals surface area contributed by atoms with Gasteiger partial charge in [-0.3, -0.25) is 0 Å². The Morgan fingerprint density at radius 2 is 1.58 bits per heavy atom. The molecule has 0 spiro atoms. The van der Waals surface area contributed by atoms with Gasteiger partial charge in [0.25, 0.3) is 0 Å². The van der Waals surface area contributed by atoms with E-state index in [0.717, 1.165) is 0 Å². The summed E-state index contributed by atoms with van der Waals surface area (Å²) in [5.74, 6) is 0. The Morgan fingerprint density at radius 3 is 1.92 bits per heavy atom. The van der Waals surface area contributed by atoms with Crippen LogP contribution in [0.5, 0.6) is 0 Å². The van der Waals surface area contributed by atoms with E-state index in [9.17, 15) is 0 Å². The average Bonchev–Trinajstić information content (AvgIpc) is 2.02. The highest BCUT2D eigenvalue weighted by molar-refractivity contribution is 4.74. The van der Waals surface area contributed by atoms with E-state index in [0.29, 0.717) is 0 Å². The highest BCUT2D eigenvalue weighted by Crippen LogP contribution is 2.03. The first-order valence-corrected chi connectivity index (χ1v) is 3.67. The van der Waals surface area contributed by atoms with Gasteiger partial charge in [-0.2, -0.15) is 0 Å². The molecule has 0 rings (SSSR count). The van der Waals surface area contributed by atoms with Gasteiger partial charge in [0, 0.05) is 12.6 Å². The van der Waals surface area contributed by atoms with Crippen molar-refractivity contribution in [1.29, 1.82) is 0 Å². The van der Waals surface area contributed by atoms with E-state index in [4.69, 9.17) is 31.9 Å². The van der Waals surface area contributed by atoms with Crippen molar-refractivity contribution in [3.63, 3.8) is 0 Å². The summed E-state index contributed by atoms with van der Waals surface area (Å²) in [5.41, 5.74) is 10.5. The second-order valence-electron chi connectivity index (χ2n) is 2.70. The van der Waals surface area contributed by atoms with Crippen LogP contribution in [0.2, 0.25) is 0 Å². The minimum absolute atomic E-state index is 0.0370. The molecule has 0 heterocycles. The molecule has 0 fully saturated rings. The van der Waals surface area contributed by atoms with E-state index in [1.807, 2.05) is 0 Å². The minimum Gasteiger partial charge on any atom is -0.390 e. The van der Waals surface area contributed by atoms with Crippen LogP contribution in [-0.4, -0.2) is 51.5 Å². The van der Waals surface area contributed by atoms with Crippen molar-refractivity contribution in [1.82, 2.24) is 0 Å². The second kappa shape index (κ2) is 5.41. The number of rotatable bonds is 5. The lowest BCUT2D eigenvalue weighted by molar-refractivity contribution is -0.159. The summed E-state index contributed by atoms with van der Waals surface area (Å²) >= 11 is 0. The van der Waals surface area contributed by atoms with Crippen LogP contribution in [0.25, 0.3) is 0 Å². The van der Waals surface area contributed by atoms with E-state index in [2.05, 4.69) is 0 Å². The Balaban J connectivity index is 3.78. The molecule has 0 saturated carbocycles. The average molecular weight is 180 g/mol. The normalized spacial score (nSPS) is 19.2. The quantitative estimate of drug-likeness (QED) is 0.245. The topological polar surface area (TPSA) is 133 Å². The Morgan fingerprint density at radius 1 is 1.08 bits per heavy atom. The molecule has 0 aromatic rings. The zero-order chi connectivity index (χ0) is 9.72. The van der Waals surface area contributed by atoms with Gasteiger partial charge >= 0.3 is 0 Å². The number of hydrogen-bond donors (Lipinski definition) is 6. The molecule has 0 aliphatic rings. The lowest BCUT2D eigenvalue weighted by atomic mass is 10.1. The lowest BCUT2D eigenvalue weighted by Crippen LogP contribution is -2.42. The molecule has 0 aromatic carbocycles. The maximum atomic E-state index is 9.08. The Kier molecular flexibility index (Phi) is 5.31. The van der Waals surface area contributed by atoms with Gasteiger partial charge in [0.05, 0.1) is 6.10 Å². The maximum Gasteiger partial charge on any atom is 0.180 e. The molecule has 0 radical (unpaired) electrons. The summed E-state index contributed by atoms with van der Waals surface area (Å²) in [5, 5.41) is 34.9. The number of hydrogen-bond acceptors (Lipinski definition) is 6. The highest BCUT2D eigenvalue weighted by atomic mass is 16.5. The van der Waals surface area contributed by atoms with Crippen LogP contribution in [0, 0.1) is 0 Å². The van der Waals surface area contributed by atoms with E-state index in [1.165, 1.54) is 0 Å². The summed E-state index contributed by atoms with van der Waals surface area (Å²) < 4.78 is 0. The zero-order valence-electron chi connectivity index (χ0n) is 6.67. The zero-order valence-corrected chi connectivity index (χ0v) is 6.67. The summed E-state index contributed by atoms with van der Waals surface area (Å²) in [6.07, 6.45) is -4.77. The predicted octanol–water partition coefficient (Wildman–Crippen LogP) is -3.30. The smallest absolute Gasteiger partial charge is 0.180 e. The molecular weight excluding hydrogens is 164 g/mol. The summed E-state index contributed by atoms with van der Waals surface area (Å²) in [4.78, 5) is 0. The van der Waals surface area contributed by atoms with Gasteiger partial charge in [0.1, 0.15) is 6.10 Å². The molecule has 3 atom stereocenters. The van der Waals surface area contributed by atoms with Crippen LogP contribution < -0.4 is 11.5 Å². The largest absolute Gasteiger partial charge is 0.390 e. The molecule has 6 heteroatoms. The number of aliphatic hydroxyl groups excluding tert-OH is 3. The molecule has 3 unspecified atom stereocenters. The third-order valence-electron chi connectivity index (χ3n) is 1.55. The van der Waals surface area contributed by atoms with Gasteiger partial charge < -0.3 is 31.9 Å². The molecule has 8 N–H and O–H groups in total. The van der Waals surface area contributed by atoms with Gasteiger partial charge in [-0.25, -0.2) is 0 Å². The standard InChI is InChI=1S/C6H16N2O4/c7-2-3(8)1-4(9)5(10)6(11)12/h3-6,9-12H,1-2,7-8H2. The van der Waals surface area contributed by atoms with Crippen LogP contribution in [-0.2, 0) is 0 Å². The maximum absolute atomic E-state index is 9.08. The van der Waals surface area contributed by atoms with Crippen molar-refractivity contribution in [2.45, 2.75) is 31.0 Å².